The molecule has 2 aromatic rings. The summed E-state index contributed by atoms with van der Waals surface area (Å²) in [6, 6.07) is 8.11. The number of carbonyl (C=O) groups is 2. The second-order valence-electron chi connectivity index (χ2n) is 8.41. The largest absolute Gasteiger partial charge is 0.444 e. The molecule has 0 aliphatic carbocycles. The molecule has 1 aromatic heterocycles. The van der Waals surface area contributed by atoms with E-state index in [1.807, 2.05) is 61.4 Å². The number of nitrogens with zero attached hydrogens (tertiary/aromatic N) is 4. The minimum atomic E-state index is -0.517. The Hall–Kier alpha value is -2.55. The average molecular weight is 432 g/mol. The summed E-state index contributed by atoms with van der Waals surface area (Å²) in [6.07, 6.45) is 2.69. The van der Waals surface area contributed by atoms with Crippen LogP contribution in [-0.2, 0) is 9.53 Å². The highest BCUT2D eigenvalue weighted by molar-refractivity contribution is 7.99. The van der Waals surface area contributed by atoms with Gasteiger partial charge in [0.15, 0.2) is 5.16 Å². The monoisotopic (exact) mass is 431 g/mol. The number of alkyl carbamates (subject to hydrolysis) is 1. The molecule has 8 nitrogen and oxygen atoms in total. The molecular formula is C21H29N5O3S. The molecule has 3 rings (SSSR count). The maximum Gasteiger partial charge on any atom is 0.407 e. The number of amides is 2. The Morgan fingerprint density at radius 3 is 2.50 bits per heavy atom. The first-order valence-electron chi connectivity index (χ1n) is 10.1. The molecule has 2 amide bonds. The number of aromatic nitrogens is 3. The van der Waals surface area contributed by atoms with Gasteiger partial charge in [-0.25, -0.2) is 4.79 Å². The molecule has 0 spiro atoms. The lowest BCUT2D eigenvalue weighted by atomic mass is 10.1. The Bertz CT molecular complexity index is 868. The SMILES string of the molecule is Cc1ccc(-n2cnnc2SCC(=O)N2CCC(NC(=O)OC(C)(C)C)CC2)cc1. The summed E-state index contributed by atoms with van der Waals surface area (Å²) in [5.74, 6) is 0.364. The maximum atomic E-state index is 12.6. The number of benzene rings is 1. The summed E-state index contributed by atoms with van der Waals surface area (Å²) in [5.41, 5.74) is 1.63. The van der Waals surface area contributed by atoms with Crippen molar-refractivity contribution >= 4 is 23.8 Å². The van der Waals surface area contributed by atoms with Crippen LogP contribution < -0.4 is 5.32 Å². The fraction of sp³-hybridized carbons (Fsp3) is 0.524. The normalized spacial score (nSPS) is 15.1. The zero-order chi connectivity index (χ0) is 21.7. The van der Waals surface area contributed by atoms with Crippen LogP contribution >= 0.6 is 11.8 Å². The minimum Gasteiger partial charge on any atom is -0.444 e. The third-order valence-electron chi connectivity index (χ3n) is 4.72. The fourth-order valence-electron chi connectivity index (χ4n) is 3.17. The van der Waals surface area contributed by atoms with E-state index < -0.39 is 11.7 Å². The van der Waals surface area contributed by atoms with Crippen LogP contribution in [0.2, 0.25) is 0 Å². The quantitative estimate of drug-likeness (QED) is 0.732. The Labute approximate surface area is 181 Å². The van der Waals surface area contributed by atoms with Gasteiger partial charge in [0, 0.05) is 24.8 Å². The Kier molecular flexibility index (Phi) is 7.02. The van der Waals surface area contributed by atoms with E-state index in [2.05, 4.69) is 15.5 Å². The number of piperidine rings is 1. The van der Waals surface area contributed by atoms with E-state index in [0.717, 1.165) is 18.5 Å². The van der Waals surface area contributed by atoms with E-state index in [1.54, 1.807) is 6.33 Å². The molecular weight excluding hydrogens is 402 g/mol. The standard InChI is InChI=1S/C21H29N5O3S/c1-15-5-7-17(8-6-15)26-14-22-24-19(26)30-13-18(27)25-11-9-16(10-12-25)23-20(28)29-21(2,3)4/h5-8,14,16H,9-13H2,1-4H3,(H,23,28). The van der Waals surface area contributed by atoms with Gasteiger partial charge in [0.2, 0.25) is 5.91 Å². The molecule has 1 N–H and O–H groups in total. The fourth-order valence-corrected chi connectivity index (χ4v) is 4.00. The van der Waals surface area contributed by atoms with E-state index in [1.165, 1.54) is 17.3 Å². The lowest BCUT2D eigenvalue weighted by molar-refractivity contribution is -0.129. The van der Waals surface area contributed by atoms with Crippen LogP contribution in [0.1, 0.15) is 39.2 Å². The number of rotatable bonds is 5. The van der Waals surface area contributed by atoms with Gasteiger partial charge in [-0.2, -0.15) is 0 Å². The van der Waals surface area contributed by atoms with Gasteiger partial charge in [0.1, 0.15) is 11.9 Å². The van der Waals surface area contributed by atoms with E-state index in [-0.39, 0.29) is 11.9 Å². The summed E-state index contributed by atoms with van der Waals surface area (Å²) in [7, 11) is 0. The molecule has 9 heteroatoms. The first kappa shape index (κ1) is 22.1. The summed E-state index contributed by atoms with van der Waals surface area (Å²) in [4.78, 5) is 26.4. The van der Waals surface area contributed by atoms with Crippen LogP contribution in [0.25, 0.3) is 5.69 Å². The molecule has 30 heavy (non-hydrogen) atoms. The predicted molar refractivity (Wildman–Crippen MR) is 116 cm³/mol. The molecule has 1 fully saturated rings. The molecule has 1 saturated heterocycles. The van der Waals surface area contributed by atoms with Gasteiger partial charge in [0.25, 0.3) is 0 Å². The van der Waals surface area contributed by atoms with Crippen molar-refractivity contribution < 1.29 is 14.3 Å². The highest BCUT2D eigenvalue weighted by atomic mass is 32.2. The van der Waals surface area contributed by atoms with Crippen molar-refractivity contribution in [1.82, 2.24) is 25.0 Å². The van der Waals surface area contributed by atoms with Crippen LogP contribution in [0.15, 0.2) is 35.7 Å². The van der Waals surface area contributed by atoms with Crippen LogP contribution in [-0.4, -0.2) is 62.2 Å². The molecule has 162 valence electrons. The van der Waals surface area contributed by atoms with E-state index in [0.29, 0.717) is 24.0 Å². The van der Waals surface area contributed by atoms with Gasteiger partial charge < -0.3 is 15.0 Å². The molecule has 1 aliphatic rings. The van der Waals surface area contributed by atoms with Gasteiger partial charge >= 0.3 is 6.09 Å². The van der Waals surface area contributed by atoms with Crippen molar-refractivity contribution in [3.63, 3.8) is 0 Å². The highest BCUT2D eigenvalue weighted by Gasteiger charge is 2.26. The summed E-state index contributed by atoms with van der Waals surface area (Å²) < 4.78 is 7.18. The number of hydrogen-bond acceptors (Lipinski definition) is 6. The Morgan fingerprint density at radius 1 is 1.20 bits per heavy atom. The van der Waals surface area contributed by atoms with Crippen LogP contribution in [0, 0.1) is 6.92 Å². The molecule has 0 unspecified atom stereocenters. The number of carbonyl (C=O) groups excluding carboxylic acids is 2. The maximum absolute atomic E-state index is 12.6. The van der Waals surface area contributed by atoms with Crippen molar-refractivity contribution in [2.45, 2.75) is 57.3 Å². The van der Waals surface area contributed by atoms with Crippen molar-refractivity contribution in [3.05, 3.63) is 36.2 Å². The van der Waals surface area contributed by atoms with Gasteiger partial charge in [-0.3, -0.25) is 9.36 Å². The van der Waals surface area contributed by atoms with E-state index in [4.69, 9.17) is 4.74 Å². The summed E-state index contributed by atoms with van der Waals surface area (Å²) in [5, 5.41) is 11.7. The van der Waals surface area contributed by atoms with Crippen LogP contribution in [0.3, 0.4) is 0 Å². The number of nitrogens with one attached hydrogen (secondary N) is 1. The van der Waals surface area contributed by atoms with Gasteiger partial charge in [-0.1, -0.05) is 29.5 Å². The lowest BCUT2D eigenvalue weighted by Crippen LogP contribution is -2.48. The van der Waals surface area contributed by atoms with E-state index in [9.17, 15) is 9.59 Å². The third kappa shape index (κ3) is 6.22. The molecule has 2 heterocycles. The smallest absolute Gasteiger partial charge is 0.407 e. The van der Waals surface area contributed by atoms with E-state index >= 15 is 0 Å². The highest BCUT2D eigenvalue weighted by Crippen LogP contribution is 2.21. The Balaban J connectivity index is 1.47. The first-order chi connectivity index (χ1) is 14.2. The number of thioether (sulfide) groups is 1. The van der Waals surface area contributed by atoms with Crippen molar-refractivity contribution in [3.8, 4) is 5.69 Å². The summed E-state index contributed by atoms with van der Waals surface area (Å²) in [6.45, 7) is 8.78. The molecule has 0 saturated carbocycles. The molecule has 1 aromatic carbocycles. The van der Waals surface area contributed by atoms with Gasteiger partial charge in [-0.15, -0.1) is 10.2 Å². The van der Waals surface area contributed by atoms with Crippen LogP contribution in [0.4, 0.5) is 4.79 Å². The first-order valence-corrected chi connectivity index (χ1v) is 11.1. The molecule has 0 bridgehead atoms. The molecule has 1 aliphatic heterocycles. The molecule has 0 atom stereocenters. The molecule has 0 radical (unpaired) electrons. The third-order valence-corrected chi connectivity index (χ3v) is 5.65. The van der Waals surface area contributed by atoms with Crippen LogP contribution in [0.5, 0.6) is 0 Å². The lowest BCUT2D eigenvalue weighted by Gasteiger charge is -2.32. The average Bonchev–Trinajstić information content (AvgIpc) is 3.14. The number of likely N-dealkylation sites (tertiary alicyclic amines) is 1. The summed E-state index contributed by atoms with van der Waals surface area (Å²) >= 11 is 1.38. The van der Waals surface area contributed by atoms with Crippen molar-refractivity contribution in [2.75, 3.05) is 18.8 Å². The number of aryl methyl sites for hydroxylation is 1. The zero-order valence-electron chi connectivity index (χ0n) is 17.9. The second kappa shape index (κ2) is 9.51. The minimum absolute atomic E-state index is 0.0289. The zero-order valence-corrected chi connectivity index (χ0v) is 18.7. The predicted octanol–water partition coefficient (Wildman–Crippen LogP) is 3.18. The van der Waals surface area contributed by atoms with Gasteiger partial charge in [-0.05, 0) is 52.7 Å². The number of ether oxygens (including phenoxy) is 1. The topological polar surface area (TPSA) is 89.4 Å². The second-order valence-corrected chi connectivity index (χ2v) is 9.35. The Morgan fingerprint density at radius 2 is 1.87 bits per heavy atom. The van der Waals surface area contributed by atoms with Gasteiger partial charge in [0.05, 0.1) is 5.75 Å². The number of hydrogen-bond donors (Lipinski definition) is 1. The van der Waals surface area contributed by atoms with Crippen molar-refractivity contribution in [1.29, 1.82) is 0 Å². The van der Waals surface area contributed by atoms with Crippen molar-refractivity contribution in [2.24, 2.45) is 0 Å².